The molecule has 0 saturated heterocycles. The molecule has 0 heterocycles. The summed E-state index contributed by atoms with van der Waals surface area (Å²) in [5.41, 5.74) is 0.135. The van der Waals surface area contributed by atoms with Crippen LogP contribution in [0.4, 0.5) is 4.39 Å². The van der Waals surface area contributed by atoms with E-state index in [1.54, 1.807) is 17.0 Å². The maximum absolute atomic E-state index is 13.8. The van der Waals surface area contributed by atoms with Crippen LogP contribution in [0, 0.1) is 5.82 Å². The minimum atomic E-state index is -0.469. The average molecular weight is 349 g/mol. The Labute approximate surface area is 126 Å². The van der Waals surface area contributed by atoms with Crippen LogP contribution >= 0.6 is 27.5 Å². The van der Waals surface area contributed by atoms with Crippen molar-refractivity contribution in [2.24, 2.45) is 0 Å². The first kappa shape index (κ1) is 14.8. The topological polar surface area (TPSA) is 20.3 Å². The first-order chi connectivity index (χ1) is 9.13. The Bertz CT molecular complexity index is 465. The molecule has 1 saturated carbocycles. The van der Waals surface area contributed by atoms with E-state index in [1.807, 2.05) is 0 Å². The number of nitrogens with zero attached hydrogens (tertiary/aromatic N) is 1. The van der Waals surface area contributed by atoms with E-state index in [0.717, 1.165) is 25.7 Å². The molecule has 1 aromatic carbocycles. The summed E-state index contributed by atoms with van der Waals surface area (Å²) in [4.78, 5) is 14.3. The van der Waals surface area contributed by atoms with Crippen molar-refractivity contribution in [1.29, 1.82) is 0 Å². The number of rotatable bonds is 5. The molecule has 1 aliphatic carbocycles. The van der Waals surface area contributed by atoms with Crippen molar-refractivity contribution in [3.63, 3.8) is 0 Å². The third-order valence-electron chi connectivity index (χ3n) is 3.47. The van der Waals surface area contributed by atoms with Gasteiger partial charge in [0.05, 0.1) is 5.56 Å². The van der Waals surface area contributed by atoms with Crippen LogP contribution in [0.25, 0.3) is 0 Å². The number of carbonyl (C=O) groups excluding carboxylic acids is 1. The zero-order valence-corrected chi connectivity index (χ0v) is 12.9. The highest BCUT2D eigenvalue weighted by atomic mass is 79.9. The van der Waals surface area contributed by atoms with E-state index in [0.29, 0.717) is 16.9 Å². The molecule has 5 heteroatoms. The van der Waals surface area contributed by atoms with E-state index in [2.05, 4.69) is 15.9 Å². The van der Waals surface area contributed by atoms with Crippen LogP contribution in [-0.4, -0.2) is 29.3 Å². The third kappa shape index (κ3) is 3.48. The molecule has 1 amide bonds. The van der Waals surface area contributed by atoms with E-state index < -0.39 is 5.82 Å². The SMILES string of the molecule is O=C(c1cc(Br)ccc1F)N(CCCCl)C1CCC1. The van der Waals surface area contributed by atoms with Crippen molar-refractivity contribution < 1.29 is 9.18 Å². The summed E-state index contributed by atoms with van der Waals surface area (Å²) >= 11 is 8.98. The Kier molecular flexibility index (Phi) is 5.22. The molecule has 0 aliphatic heterocycles. The predicted octanol–water partition coefficient (Wildman–Crippen LogP) is 4.21. The highest BCUT2D eigenvalue weighted by molar-refractivity contribution is 9.10. The van der Waals surface area contributed by atoms with E-state index in [-0.39, 0.29) is 17.5 Å². The van der Waals surface area contributed by atoms with E-state index in [4.69, 9.17) is 11.6 Å². The Balaban J connectivity index is 2.19. The first-order valence-electron chi connectivity index (χ1n) is 6.45. The molecular formula is C14H16BrClFNO. The summed E-state index contributed by atoms with van der Waals surface area (Å²) in [6, 6.07) is 4.70. The quantitative estimate of drug-likeness (QED) is 0.730. The Hall–Kier alpha value is -0.610. The van der Waals surface area contributed by atoms with E-state index >= 15 is 0 Å². The smallest absolute Gasteiger partial charge is 0.257 e. The van der Waals surface area contributed by atoms with Gasteiger partial charge < -0.3 is 4.90 Å². The third-order valence-corrected chi connectivity index (χ3v) is 4.23. The lowest BCUT2D eigenvalue weighted by Gasteiger charge is -2.37. The number of alkyl halides is 1. The standard InChI is InChI=1S/C14H16BrClFNO/c15-10-5-6-13(17)12(9-10)14(19)18(8-2-7-16)11-3-1-4-11/h5-6,9,11H,1-4,7-8H2. The van der Waals surface area contributed by atoms with Crippen molar-refractivity contribution in [2.75, 3.05) is 12.4 Å². The molecule has 1 aromatic rings. The molecule has 0 spiro atoms. The summed E-state index contributed by atoms with van der Waals surface area (Å²) in [5.74, 6) is -0.186. The van der Waals surface area contributed by atoms with Crippen LogP contribution in [-0.2, 0) is 0 Å². The number of carbonyl (C=O) groups is 1. The van der Waals surface area contributed by atoms with Gasteiger partial charge in [0, 0.05) is 22.9 Å². The van der Waals surface area contributed by atoms with Crippen LogP contribution in [0.2, 0.25) is 0 Å². The minimum Gasteiger partial charge on any atom is -0.336 e. The van der Waals surface area contributed by atoms with Crippen LogP contribution < -0.4 is 0 Å². The highest BCUT2D eigenvalue weighted by Crippen LogP contribution is 2.27. The molecular weight excluding hydrogens is 333 g/mol. The second-order valence-electron chi connectivity index (χ2n) is 4.75. The first-order valence-corrected chi connectivity index (χ1v) is 7.78. The van der Waals surface area contributed by atoms with Crippen LogP contribution in [0.3, 0.4) is 0 Å². The van der Waals surface area contributed by atoms with Crippen molar-refractivity contribution in [3.8, 4) is 0 Å². The zero-order chi connectivity index (χ0) is 13.8. The van der Waals surface area contributed by atoms with Gasteiger partial charge in [0.25, 0.3) is 5.91 Å². The molecule has 0 radical (unpaired) electrons. The lowest BCUT2D eigenvalue weighted by atomic mass is 9.90. The van der Waals surface area contributed by atoms with Gasteiger partial charge >= 0.3 is 0 Å². The maximum atomic E-state index is 13.8. The van der Waals surface area contributed by atoms with Crippen molar-refractivity contribution in [3.05, 3.63) is 34.1 Å². The summed E-state index contributed by atoms with van der Waals surface area (Å²) in [5, 5.41) is 0. The van der Waals surface area contributed by atoms with E-state index in [9.17, 15) is 9.18 Å². The Morgan fingerprint density at radius 3 is 2.79 bits per heavy atom. The molecule has 0 N–H and O–H groups in total. The molecule has 0 unspecified atom stereocenters. The van der Waals surface area contributed by atoms with Crippen molar-refractivity contribution >= 4 is 33.4 Å². The summed E-state index contributed by atoms with van der Waals surface area (Å²) in [6.45, 7) is 0.596. The number of hydrogen-bond donors (Lipinski definition) is 0. The average Bonchev–Trinajstić information content (AvgIpc) is 2.34. The van der Waals surface area contributed by atoms with Gasteiger partial charge in [0.15, 0.2) is 0 Å². The highest BCUT2D eigenvalue weighted by Gasteiger charge is 2.30. The zero-order valence-electron chi connectivity index (χ0n) is 10.5. The lowest BCUT2D eigenvalue weighted by Crippen LogP contribution is -2.45. The molecule has 19 heavy (non-hydrogen) atoms. The van der Waals surface area contributed by atoms with Gasteiger partial charge in [-0.2, -0.15) is 0 Å². The molecule has 0 atom stereocenters. The minimum absolute atomic E-state index is 0.135. The van der Waals surface area contributed by atoms with Crippen LogP contribution in [0.1, 0.15) is 36.0 Å². The molecule has 0 aromatic heterocycles. The van der Waals surface area contributed by atoms with Crippen molar-refractivity contribution in [1.82, 2.24) is 4.90 Å². The van der Waals surface area contributed by atoms with Gasteiger partial charge in [-0.15, -0.1) is 11.6 Å². The number of benzene rings is 1. The number of hydrogen-bond acceptors (Lipinski definition) is 1. The largest absolute Gasteiger partial charge is 0.336 e. The number of halogens is 3. The molecule has 1 fully saturated rings. The van der Waals surface area contributed by atoms with Crippen LogP contribution in [0.15, 0.2) is 22.7 Å². The van der Waals surface area contributed by atoms with Crippen LogP contribution in [0.5, 0.6) is 0 Å². The maximum Gasteiger partial charge on any atom is 0.257 e. The second-order valence-corrected chi connectivity index (χ2v) is 6.04. The molecule has 2 nitrogen and oxygen atoms in total. The molecule has 104 valence electrons. The molecule has 2 rings (SSSR count). The van der Waals surface area contributed by atoms with Gasteiger partial charge in [0.1, 0.15) is 5.82 Å². The van der Waals surface area contributed by atoms with Gasteiger partial charge in [-0.1, -0.05) is 15.9 Å². The summed E-state index contributed by atoms with van der Waals surface area (Å²) in [7, 11) is 0. The van der Waals surface area contributed by atoms with Gasteiger partial charge in [-0.05, 0) is 43.9 Å². The normalized spacial score (nSPS) is 15.1. The molecule has 0 bridgehead atoms. The predicted molar refractivity (Wildman–Crippen MR) is 78.1 cm³/mol. The van der Waals surface area contributed by atoms with Gasteiger partial charge in [0.2, 0.25) is 0 Å². The monoisotopic (exact) mass is 347 g/mol. The Morgan fingerprint density at radius 1 is 1.47 bits per heavy atom. The summed E-state index contributed by atoms with van der Waals surface area (Å²) in [6.07, 6.45) is 3.88. The Morgan fingerprint density at radius 2 is 2.21 bits per heavy atom. The van der Waals surface area contributed by atoms with Gasteiger partial charge in [-0.3, -0.25) is 4.79 Å². The fourth-order valence-corrected chi connectivity index (χ4v) is 2.68. The van der Waals surface area contributed by atoms with Gasteiger partial charge in [-0.25, -0.2) is 4.39 Å². The fourth-order valence-electron chi connectivity index (χ4n) is 2.19. The fraction of sp³-hybridized carbons (Fsp3) is 0.500. The summed E-state index contributed by atoms with van der Waals surface area (Å²) < 4.78 is 14.5. The van der Waals surface area contributed by atoms with Crippen molar-refractivity contribution in [2.45, 2.75) is 31.7 Å². The number of amides is 1. The second kappa shape index (κ2) is 6.71. The lowest BCUT2D eigenvalue weighted by molar-refractivity contribution is 0.0576. The molecule has 1 aliphatic rings. The van der Waals surface area contributed by atoms with E-state index in [1.165, 1.54) is 6.07 Å².